The molecule has 0 bridgehead atoms. The molecule has 2 rings (SSSR count). The number of halogens is 1. The smallest absolute Gasteiger partial charge is 0.207 e. The van der Waals surface area contributed by atoms with Gasteiger partial charge in [-0.1, -0.05) is 48.0 Å². The SMILES string of the molecule is N#CC1(NS(=O)(=O)c2ccc(Br)cc2)CCCCCCC1. The first-order valence-corrected chi connectivity index (χ1v) is 9.46. The fourth-order valence-corrected chi connectivity index (χ4v) is 4.32. The van der Waals surface area contributed by atoms with Gasteiger partial charge in [-0.05, 0) is 37.1 Å². The summed E-state index contributed by atoms with van der Waals surface area (Å²) in [4.78, 5) is 0.197. The predicted octanol–water partition coefficient (Wildman–Crippen LogP) is 3.73. The fourth-order valence-electron chi connectivity index (χ4n) is 2.68. The van der Waals surface area contributed by atoms with Crippen molar-refractivity contribution in [1.29, 1.82) is 5.26 Å². The summed E-state index contributed by atoms with van der Waals surface area (Å²) < 4.78 is 28.5. The minimum absolute atomic E-state index is 0.197. The highest BCUT2D eigenvalue weighted by atomic mass is 79.9. The van der Waals surface area contributed by atoms with Crippen LogP contribution in [0.3, 0.4) is 0 Å². The van der Waals surface area contributed by atoms with E-state index in [0.29, 0.717) is 12.8 Å². The highest BCUT2D eigenvalue weighted by molar-refractivity contribution is 9.10. The van der Waals surface area contributed by atoms with E-state index in [-0.39, 0.29) is 4.90 Å². The lowest BCUT2D eigenvalue weighted by atomic mass is 9.86. The van der Waals surface area contributed by atoms with Crippen molar-refractivity contribution in [3.63, 3.8) is 0 Å². The van der Waals surface area contributed by atoms with Gasteiger partial charge < -0.3 is 0 Å². The largest absolute Gasteiger partial charge is 0.241 e. The van der Waals surface area contributed by atoms with E-state index in [4.69, 9.17) is 0 Å². The molecule has 4 nitrogen and oxygen atoms in total. The molecule has 6 heteroatoms. The van der Waals surface area contributed by atoms with Gasteiger partial charge in [0.25, 0.3) is 0 Å². The number of nitriles is 1. The summed E-state index contributed by atoms with van der Waals surface area (Å²) >= 11 is 3.29. The summed E-state index contributed by atoms with van der Waals surface area (Å²) in [6, 6.07) is 8.68. The van der Waals surface area contributed by atoms with Gasteiger partial charge in [0.15, 0.2) is 0 Å². The van der Waals surface area contributed by atoms with Crippen LogP contribution in [-0.4, -0.2) is 14.0 Å². The van der Waals surface area contributed by atoms with Crippen molar-refractivity contribution in [3.05, 3.63) is 28.7 Å². The minimum Gasteiger partial charge on any atom is -0.207 e. The van der Waals surface area contributed by atoms with Gasteiger partial charge in [0, 0.05) is 4.47 Å². The zero-order chi connectivity index (χ0) is 15.3. The third-order valence-electron chi connectivity index (χ3n) is 3.87. The number of rotatable bonds is 3. The second-order valence-electron chi connectivity index (χ2n) is 5.52. The maximum absolute atomic E-state index is 12.5. The van der Waals surface area contributed by atoms with E-state index in [0.717, 1.165) is 30.2 Å². The molecule has 1 aromatic rings. The van der Waals surface area contributed by atoms with Crippen LogP contribution in [0.25, 0.3) is 0 Å². The van der Waals surface area contributed by atoms with E-state index in [1.807, 2.05) is 0 Å². The number of benzene rings is 1. The van der Waals surface area contributed by atoms with E-state index in [1.165, 1.54) is 6.42 Å². The van der Waals surface area contributed by atoms with Crippen LogP contribution in [0.15, 0.2) is 33.6 Å². The molecule has 21 heavy (non-hydrogen) atoms. The third kappa shape index (κ3) is 4.29. The first kappa shape index (κ1) is 16.5. The van der Waals surface area contributed by atoms with Crippen LogP contribution in [0.5, 0.6) is 0 Å². The van der Waals surface area contributed by atoms with Crippen LogP contribution in [0.1, 0.15) is 44.9 Å². The molecule has 0 amide bonds. The molecule has 1 fully saturated rings. The van der Waals surface area contributed by atoms with Crippen molar-refractivity contribution >= 4 is 26.0 Å². The molecular formula is C15H19BrN2O2S. The monoisotopic (exact) mass is 370 g/mol. The molecule has 0 heterocycles. The fraction of sp³-hybridized carbons (Fsp3) is 0.533. The average Bonchev–Trinajstić information content (AvgIpc) is 2.42. The van der Waals surface area contributed by atoms with Gasteiger partial charge in [-0.15, -0.1) is 0 Å². The number of hydrogen-bond donors (Lipinski definition) is 1. The predicted molar refractivity (Wildman–Crippen MR) is 85.1 cm³/mol. The molecule has 0 radical (unpaired) electrons. The highest BCUT2D eigenvalue weighted by Crippen LogP contribution is 2.28. The Labute approximate surface area is 134 Å². The van der Waals surface area contributed by atoms with Crippen molar-refractivity contribution in [2.24, 2.45) is 0 Å². The summed E-state index contributed by atoms with van der Waals surface area (Å²) in [5.74, 6) is 0. The Morgan fingerprint density at radius 3 is 2.10 bits per heavy atom. The minimum atomic E-state index is -3.67. The summed E-state index contributed by atoms with van der Waals surface area (Å²) in [6.45, 7) is 0. The Kier molecular flexibility index (Phi) is 5.42. The summed E-state index contributed by atoms with van der Waals surface area (Å²) in [7, 11) is -3.67. The van der Waals surface area contributed by atoms with Crippen LogP contribution in [0.2, 0.25) is 0 Å². The van der Waals surface area contributed by atoms with Crippen LogP contribution in [-0.2, 0) is 10.0 Å². The van der Waals surface area contributed by atoms with Gasteiger partial charge in [0.2, 0.25) is 10.0 Å². The zero-order valence-corrected chi connectivity index (χ0v) is 14.2. The lowest BCUT2D eigenvalue weighted by Crippen LogP contribution is -2.47. The molecule has 1 saturated carbocycles. The van der Waals surface area contributed by atoms with Crippen LogP contribution in [0.4, 0.5) is 0 Å². The second-order valence-corrected chi connectivity index (χ2v) is 8.12. The standard InChI is InChI=1S/C15H19BrN2O2S/c16-13-6-8-14(9-7-13)21(19,20)18-15(12-17)10-4-2-1-3-5-11-15/h6-9,18H,1-5,10-11H2. The van der Waals surface area contributed by atoms with Gasteiger partial charge in [-0.2, -0.15) is 9.98 Å². The molecule has 1 N–H and O–H groups in total. The Morgan fingerprint density at radius 2 is 1.57 bits per heavy atom. The molecule has 0 unspecified atom stereocenters. The van der Waals surface area contributed by atoms with Gasteiger partial charge in [0.1, 0.15) is 5.54 Å². The number of nitrogens with one attached hydrogen (secondary N) is 1. The molecule has 0 aromatic heterocycles. The molecule has 1 aliphatic carbocycles. The number of hydrogen-bond acceptors (Lipinski definition) is 3. The lowest BCUT2D eigenvalue weighted by Gasteiger charge is -2.29. The molecule has 114 valence electrons. The number of sulfonamides is 1. The van der Waals surface area contributed by atoms with Gasteiger partial charge in [-0.3, -0.25) is 0 Å². The van der Waals surface area contributed by atoms with Crippen molar-refractivity contribution < 1.29 is 8.42 Å². The first-order valence-electron chi connectivity index (χ1n) is 7.18. The molecule has 1 aliphatic rings. The van der Waals surface area contributed by atoms with Crippen LogP contribution in [0, 0.1) is 11.3 Å². The van der Waals surface area contributed by atoms with Crippen molar-refractivity contribution in [2.45, 2.75) is 55.4 Å². The van der Waals surface area contributed by atoms with Crippen LogP contribution < -0.4 is 4.72 Å². The van der Waals surface area contributed by atoms with Crippen molar-refractivity contribution in [3.8, 4) is 6.07 Å². The topological polar surface area (TPSA) is 70.0 Å². The molecule has 0 saturated heterocycles. The third-order valence-corrected chi connectivity index (χ3v) is 5.96. The molecule has 0 atom stereocenters. The first-order chi connectivity index (χ1) is 9.97. The maximum atomic E-state index is 12.5. The Morgan fingerprint density at radius 1 is 1.05 bits per heavy atom. The van der Waals surface area contributed by atoms with Gasteiger partial charge in [-0.25, -0.2) is 8.42 Å². The maximum Gasteiger partial charge on any atom is 0.241 e. The Hall–Kier alpha value is -0.900. The number of nitrogens with zero attached hydrogens (tertiary/aromatic N) is 1. The zero-order valence-electron chi connectivity index (χ0n) is 11.8. The van der Waals surface area contributed by atoms with Crippen LogP contribution >= 0.6 is 15.9 Å². The van der Waals surface area contributed by atoms with E-state index >= 15 is 0 Å². The second kappa shape index (κ2) is 6.91. The molecule has 0 aliphatic heterocycles. The van der Waals surface area contributed by atoms with E-state index < -0.39 is 15.6 Å². The van der Waals surface area contributed by atoms with Crippen molar-refractivity contribution in [1.82, 2.24) is 4.72 Å². The van der Waals surface area contributed by atoms with Gasteiger partial charge >= 0.3 is 0 Å². The Balaban J connectivity index is 2.23. The summed E-state index contributed by atoms with van der Waals surface area (Å²) in [6.07, 6.45) is 6.22. The summed E-state index contributed by atoms with van der Waals surface area (Å²) in [5.41, 5.74) is -0.966. The Bertz CT molecular complexity index is 612. The normalized spacial score (nSPS) is 19.2. The highest BCUT2D eigenvalue weighted by Gasteiger charge is 2.35. The van der Waals surface area contributed by atoms with E-state index in [2.05, 4.69) is 26.7 Å². The summed E-state index contributed by atoms with van der Waals surface area (Å²) in [5, 5.41) is 9.53. The average molecular weight is 371 g/mol. The quantitative estimate of drug-likeness (QED) is 0.880. The molecule has 1 aromatic carbocycles. The lowest BCUT2D eigenvalue weighted by molar-refractivity contribution is 0.357. The van der Waals surface area contributed by atoms with E-state index in [1.54, 1.807) is 24.3 Å². The van der Waals surface area contributed by atoms with E-state index in [9.17, 15) is 13.7 Å². The molecule has 0 spiro atoms. The van der Waals surface area contributed by atoms with Crippen molar-refractivity contribution in [2.75, 3.05) is 0 Å². The van der Waals surface area contributed by atoms with Gasteiger partial charge in [0.05, 0.1) is 11.0 Å². The molecular weight excluding hydrogens is 352 g/mol.